The van der Waals surface area contributed by atoms with Crippen molar-refractivity contribution in [3.05, 3.63) is 63.9 Å². The Morgan fingerprint density at radius 2 is 1.88 bits per heavy atom. The van der Waals surface area contributed by atoms with Crippen molar-refractivity contribution in [2.75, 3.05) is 11.1 Å². The molecule has 25 heavy (non-hydrogen) atoms. The van der Waals surface area contributed by atoms with Crippen LogP contribution in [-0.4, -0.2) is 16.8 Å². The van der Waals surface area contributed by atoms with Crippen LogP contribution in [0.2, 0.25) is 10.0 Å². The Morgan fingerprint density at radius 1 is 1.12 bits per heavy atom. The van der Waals surface area contributed by atoms with E-state index in [9.17, 15) is 9.18 Å². The molecule has 0 aromatic heterocycles. The number of halogens is 3. The number of thioether (sulfide) groups is 1. The summed E-state index contributed by atoms with van der Waals surface area (Å²) in [5, 5.41) is 3.95. The summed E-state index contributed by atoms with van der Waals surface area (Å²) in [6.07, 6.45) is 0. The van der Waals surface area contributed by atoms with Gasteiger partial charge in [-0.15, -0.1) is 11.8 Å². The van der Waals surface area contributed by atoms with Gasteiger partial charge in [0.2, 0.25) is 5.91 Å². The van der Waals surface area contributed by atoms with Crippen molar-refractivity contribution >= 4 is 63.9 Å². The summed E-state index contributed by atoms with van der Waals surface area (Å²) in [5.41, 5.74) is 6.49. The van der Waals surface area contributed by atoms with Crippen LogP contribution in [0.25, 0.3) is 0 Å². The zero-order valence-electron chi connectivity index (χ0n) is 12.8. The second-order valence-corrected chi connectivity index (χ2v) is 7.04. The minimum atomic E-state index is -0.389. The average Bonchev–Trinajstić information content (AvgIpc) is 2.57. The molecule has 0 saturated carbocycles. The number of carbonyl (C=O) groups excluding carboxylic acids is 1. The van der Waals surface area contributed by atoms with Gasteiger partial charge in [0.25, 0.3) is 0 Å². The largest absolute Gasteiger partial charge is 0.330 e. The first-order chi connectivity index (χ1) is 12.0. The van der Waals surface area contributed by atoms with Crippen molar-refractivity contribution in [3.63, 3.8) is 0 Å². The molecule has 0 aliphatic heterocycles. The van der Waals surface area contributed by atoms with Crippen LogP contribution >= 0.6 is 47.2 Å². The molecule has 0 atom stereocenters. The molecule has 3 N–H and O–H groups in total. The SMILES string of the molecule is O=C(CSCc1ccc(F)cc1Cl)NNC(=S)Nc1ccccc1Cl. The van der Waals surface area contributed by atoms with Gasteiger partial charge >= 0.3 is 0 Å². The number of nitrogens with one attached hydrogen (secondary N) is 3. The van der Waals surface area contributed by atoms with Gasteiger partial charge in [-0.1, -0.05) is 41.4 Å². The van der Waals surface area contributed by atoms with E-state index < -0.39 is 0 Å². The van der Waals surface area contributed by atoms with Gasteiger partial charge in [0, 0.05) is 10.8 Å². The third-order valence-electron chi connectivity index (χ3n) is 2.94. The summed E-state index contributed by atoms with van der Waals surface area (Å²) in [6, 6.07) is 11.3. The molecule has 0 aliphatic rings. The number of amides is 1. The van der Waals surface area contributed by atoms with Crippen molar-refractivity contribution in [1.82, 2.24) is 10.9 Å². The van der Waals surface area contributed by atoms with E-state index in [4.69, 9.17) is 35.4 Å². The molecule has 0 heterocycles. The fraction of sp³-hybridized carbons (Fsp3) is 0.125. The molecular formula is C16H14Cl2FN3OS2. The van der Waals surface area contributed by atoms with Crippen LogP contribution in [0, 0.1) is 5.82 Å². The summed E-state index contributed by atoms with van der Waals surface area (Å²) in [6.45, 7) is 0. The first kappa shape index (κ1) is 19.8. The lowest BCUT2D eigenvalue weighted by Gasteiger charge is -2.12. The lowest BCUT2D eigenvalue weighted by molar-refractivity contribution is -0.119. The van der Waals surface area contributed by atoms with Crippen LogP contribution in [0.5, 0.6) is 0 Å². The molecule has 0 saturated heterocycles. The van der Waals surface area contributed by atoms with Crippen LogP contribution in [0.3, 0.4) is 0 Å². The Hall–Kier alpha value is -1.54. The average molecular weight is 418 g/mol. The van der Waals surface area contributed by atoms with E-state index in [1.165, 1.54) is 23.9 Å². The lowest BCUT2D eigenvalue weighted by atomic mass is 10.2. The Morgan fingerprint density at radius 3 is 2.60 bits per heavy atom. The summed E-state index contributed by atoms with van der Waals surface area (Å²) in [5.74, 6) is 0.0383. The van der Waals surface area contributed by atoms with E-state index in [0.29, 0.717) is 21.5 Å². The smallest absolute Gasteiger partial charge is 0.248 e. The van der Waals surface area contributed by atoms with E-state index in [1.807, 2.05) is 6.07 Å². The number of thiocarbonyl (C=S) groups is 1. The Balaban J connectivity index is 1.70. The summed E-state index contributed by atoms with van der Waals surface area (Å²) < 4.78 is 13.0. The van der Waals surface area contributed by atoms with Gasteiger partial charge in [0.1, 0.15) is 5.82 Å². The lowest BCUT2D eigenvalue weighted by Crippen LogP contribution is -2.44. The van der Waals surface area contributed by atoms with Gasteiger partial charge in [0.05, 0.1) is 16.5 Å². The molecule has 2 aromatic carbocycles. The molecule has 9 heteroatoms. The Bertz CT molecular complexity index is 777. The summed E-state index contributed by atoms with van der Waals surface area (Å²) >= 11 is 18.4. The highest BCUT2D eigenvalue weighted by molar-refractivity contribution is 7.99. The zero-order chi connectivity index (χ0) is 18.2. The first-order valence-electron chi connectivity index (χ1n) is 7.08. The van der Waals surface area contributed by atoms with Crippen LogP contribution in [0.1, 0.15) is 5.56 Å². The standard InChI is InChI=1S/C16H14Cl2FN3OS2/c17-12-3-1-2-4-14(12)20-16(24)22-21-15(23)9-25-8-10-5-6-11(19)7-13(10)18/h1-7H,8-9H2,(H,21,23)(H2,20,22,24). The highest BCUT2D eigenvalue weighted by Crippen LogP contribution is 2.22. The Labute approximate surface area is 164 Å². The summed E-state index contributed by atoms with van der Waals surface area (Å²) in [4.78, 5) is 11.8. The molecule has 0 fully saturated rings. The number of carbonyl (C=O) groups is 1. The number of hydrogen-bond donors (Lipinski definition) is 3. The van der Waals surface area contributed by atoms with E-state index in [1.54, 1.807) is 24.3 Å². The minimum Gasteiger partial charge on any atom is -0.330 e. The topological polar surface area (TPSA) is 53.2 Å². The van der Waals surface area contributed by atoms with Gasteiger partial charge in [-0.25, -0.2) is 4.39 Å². The van der Waals surface area contributed by atoms with Gasteiger partial charge < -0.3 is 5.32 Å². The van der Waals surface area contributed by atoms with Crippen molar-refractivity contribution in [2.24, 2.45) is 0 Å². The highest BCUT2D eigenvalue weighted by atomic mass is 35.5. The molecule has 2 aromatic rings. The number of rotatable bonds is 5. The maximum absolute atomic E-state index is 13.0. The van der Waals surface area contributed by atoms with E-state index in [2.05, 4.69) is 16.2 Å². The normalized spacial score (nSPS) is 10.2. The van der Waals surface area contributed by atoms with Crippen molar-refractivity contribution in [2.45, 2.75) is 5.75 Å². The molecule has 0 unspecified atom stereocenters. The predicted octanol–water partition coefficient (Wildman–Crippen LogP) is 4.38. The molecule has 132 valence electrons. The molecule has 4 nitrogen and oxygen atoms in total. The third kappa shape index (κ3) is 6.70. The molecule has 2 rings (SSSR count). The van der Waals surface area contributed by atoms with E-state index in [0.717, 1.165) is 5.56 Å². The Kier molecular flexibility index (Phi) is 7.77. The van der Waals surface area contributed by atoms with Crippen molar-refractivity contribution in [1.29, 1.82) is 0 Å². The quantitative estimate of drug-likeness (QED) is 0.497. The van der Waals surface area contributed by atoms with Crippen molar-refractivity contribution < 1.29 is 9.18 Å². The molecule has 0 radical (unpaired) electrons. The van der Waals surface area contributed by atoms with Gasteiger partial charge in [-0.2, -0.15) is 0 Å². The number of hydrogen-bond acceptors (Lipinski definition) is 3. The first-order valence-corrected chi connectivity index (χ1v) is 9.39. The van der Waals surface area contributed by atoms with Gasteiger partial charge in [-0.05, 0) is 42.0 Å². The fourth-order valence-electron chi connectivity index (χ4n) is 1.77. The fourth-order valence-corrected chi connectivity index (χ4v) is 3.26. The summed E-state index contributed by atoms with van der Waals surface area (Å²) in [7, 11) is 0. The third-order valence-corrected chi connectivity index (χ3v) is 4.81. The predicted molar refractivity (Wildman–Crippen MR) is 107 cm³/mol. The van der Waals surface area contributed by atoms with Crippen LogP contribution in [0.4, 0.5) is 10.1 Å². The zero-order valence-corrected chi connectivity index (χ0v) is 16.0. The second-order valence-electron chi connectivity index (χ2n) is 4.84. The van der Waals surface area contributed by atoms with Gasteiger partial charge in [0.15, 0.2) is 5.11 Å². The number of anilines is 1. The molecule has 0 aliphatic carbocycles. The maximum Gasteiger partial charge on any atom is 0.248 e. The van der Waals surface area contributed by atoms with Gasteiger partial charge in [-0.3, -0.25) is 15.6 Å². The van der Waals surface area contributed by atoms with E-state index >= 15 is 0 Å². The van der Waals surface area contributed by atoms with Crippen LogP contribution in [-0.2, 0) is 10.5 Å². The number of para-hydroxylation sites is 1. The van der Waals surface area contributed by atoms with Crippen molar-refractivity contribution in [3.8, 4) is 0 Å². The molecule has 0 bridgehead atoms. The number of benzene rings is 2. The molecular weight excluding hydrogens is 404 g/mol. The molecule has 1 amide bonds. The highest BCUT2D eigenvalue weighted by Gasteiger charge is 2.06. The monoisotopic (exact) mass is 417 g/mol. The molecule has 0 spiro atoms. The maximum atomic E-state index is 13.0. The van der Waals surface area contributed by atoms with E-state index in [-0.39, 0.29) is 22.6 Å². The van der Waals surface area contributed by atoms with Crippen LogP contribution in [0.15, 0.2) is 42.5 Å². The minimum absolute atomic E-state index is 0.190. The second kappa shape index (κ2) is 9.82. The number of hydrazine groups is 1. The van der Waals surface area contributed by atoms with Crippen LogP contribution < -0.4 is 16.2 Å².